The van der Waals surface area contributed by atoms with Crippen LogP contribution in [0.15, 0.2) is 0 Å². The minimum absolute atomic E-state index is 0.639. The molecule has 1 nitrogen and oxygen atoms in total. The smallest absolute Gasteiger partial charge is 0.0606 e. The van der Waals surface area contributed by atoms with E-state index < -0.39 is 0 Å². The van der Waals surface area contributed by atoms with E-state index in [1.54, 1.807) is 0 Å². The summed E-state index contributed by atoms with van der Waals surface area (Å²) < 4.78 is 5.58. The molecule has 0 spiro atoms. The lowest BCUT2D eigenvalue weighted by atomic mass is 9.91. The molecule has 0 aromatic heterocycles. The lowest BCUT2D eigenvalue weighted by Gasteiger charge is -2.11. The Hall–Kier alpha value is -0.0400. The average molecular weight is 112 g/mol. The highest BCUT2D eigenvalue weighted by atomic mass is 16.5. The van der Waals surface area contributed by atoms with E-state index in [2.05, 4.69) is 6.92 Å². The quantitative estimate of drug-likeness (QED) is 0.462. The van der Waals surface area contributed by atoms with Crippen LogP contribution in [0.1, 0.15) is 26.2 Å². The predicted molar refractivity (Wildman–Crippen MR) is 31.7 cm³/mol. The molecule has 0 saturated carbocycles. The van der Waals surface area contributed by atoms with E-state index in [0.717, 1.165) is 5.92 Å². The number of hydrogen-bond acceptors (Lipinski definition) is 1. The zero-order valence-corrected chi connectivity index (χ0v) is 5.26. The number of hydrogen-bond donors (Lipinski definition) is 0. The predicted octanol–water partition coefficient (Wildman–Crippen LogP) is 1.57. The topological polar surface area (TPSA) is 9.23 Å². The molecule has 8 heavy (non-hydrogen) atoms. The van der Waals surface area contributed by atoms with Gasteiger partial charge in [0.1, 0.15) is 0 Å². The largest absolute Gasteiger partial charge is 0.375 e. The van der Waals surface area contributed by atoms with Gasteiger partial charge in [-0.1, -0.05) is 6.92 Å². The van der Waals surface area contributed by atoms with E-state index in [1.807, 2.05) is 0 Å². The van der Waals surface area contributed by atoms with Gasteiger partial charge in [-0.25, -0.2) is 0 Å². The van der Waals surface area contributed by atoms with Crippen LogP contribution in [-0.4, -0.2) is 12.2 Å². The Kier molecular flexibility index (Phi) is 0.884. The molecule has 0 unspecified atom stereocenters. The van der Waals surface area contributed by atoms with Crippen molar-refractivity contribution in [3.63, 3.8) is 0 Å². The summed E-state index contributed by atoms with van der Waals surface area (Å²) in [4.78, 5) is 0. The fourth-order valence-electron chi connectivity index (χ4n) is 1.89. The van der Waals surface area contributed by atoms with Gasteiger partial charge in [-0.15, -0.1) is 0 Å². The van der Waals surface area contributed by atoms with Crippen LogP contribution in [-0.2, 0) is 4.74 Å². The highest BCUT2D eigenvalue weighted by Gasteiger charge is 2.37. The standard InChI is InChI=1S/C7H12O/c1-5-4-6-2-3-7(5)8-6/h5-7H,2-4H2,1H3/t5-,6+,7-/m0/s1. The van der Waals surface area contributed by atoms with Crippen molar-refractivity contribution in [1.82, 2.24) is 0 Å². The molecular weight excluding hydrogens is 100 g/mol. The number of rotatable bonds is 0. The van der Waals surface area contributed by atoms with Gasteiger partial charge in [0.25, 0.3) is 0 Å². The second kappa shape index (κ2) is 1.47. The Labute approximate surface area is 50.0 Å². The van der Waals surface area contributed by atoms with Crippen LogP contribution in [0.4, 0.5) is 0 Å². The van der Waals surface area contributed by atoms with Gasteiger partial charge < -0.3 is 4.74 Å². The third-order valence-corrected chi connectivity index (χ3v) is 2.41. The SMILES string of the molecule is C[C@H]1C[C@H]2CC[C@@H]1O2. The molecule has 2 aliphatic heterocycles. The molecule has 0 radical (unpaired) electrons. The highest BCUT2D eigenvalue weighted by Crippen LogP contribution is 2.37. The second-order valence-electron chi connectivity index (χ2n) is 3.09. The van der Waals surface area contributed by atoms with Crippen molar-refractivity contribution >= 4 is 0 Å². The molecule has 2 aliphatic rings. The third-order valence-electron chi connectivity index (χ3n) is 2.41. The van der Waals surface area contributed by atoms with Crippen LogP contribution in [0, 0.1) is 5.92 Å². The molecule has 46 valence electrons. The van der Waals surface area contributed by atoms with Gasteiger partial charge in [-0.2, -0.15) is 0 Å². The first-order valence-corrected chi connectivity index (χ1v) is 3.52. The van der Waals surface area contributed by atoms with E-state index in [4.69, 9.17) is 4.74 Å². The van der Waals surface area contributed by atoms with Crippen molar-refractivity contribution in [2.45, 2.75) is 38.4 Å². The van der Waals surface area contributed by atoms with E-state index in [9.17, 15) is 0 Å². The Morgan fingerprint density at radius 3 is 2.50 bits per heavy atom. The molecule has 0 aliphatic carbocycles. The highest BCUT2D eigenvalue weighted by molar-refractivity contribution is 4.86. The minimum Gasteiger partial charge on any atom is -0.375 e. The summed E-state index contributed by atoms with van der Waals surface area (Å²) in [6, 6.07) is 0. The van der Waals surface area contributed by atoms with Gasteiger partial charge in [-0.3, -0.25) is 0 Å². The Morgan fingerprint density at radius 2 is 2.25 bits per heavy atom. The molecular formula is C7H12O. The lowest BCUT2D eigenvalue weighted by molar-refractivity contribution is 0.0949. The maximum atomic E-state index is 5.58. The molecule has 0 aromatic rings. The molecule has 2 bridgehead atoms. The van der Waals surface area contributed by atoms with E-state index in [0.29, 0.717) is 12.2 Å². The Bertz CT molecular complexity index is 98.6. The van der Waals surface area contributed by atoms with Crippen molar-refractivity contribution in [3.05, 3.63) is 0 Å². The van der Waals surface area contributed by atoms with E-state index in [-0.39, 0.29) is 0 Å². The van der Waals surface area contributed by atoms with E-state index in [1.165, 1.54) is 19.3 Å². The van der Waals surface area contributed by atoms with Crippen molar-refractivity contribution in [2.75, 3.05) is 0 Å². The summed E-state index contributed by atoms with van der Waals surface area (Å²) in [7, 11) is 0. The summed E-state index contributed by atoms with van der Waals surface area (Å²) in [5, 5.41) is 0. The van der Waals surface area contributed by atoms with Crippen LogP contribution >= 0.6 is 0 Å². The molecule has 2 heterocycles. The normalized spacial score (nSPS) is 52.9. The summed E-state index contributed by atoms with van der Waals surface area (Å²) in [6.07, 6.45) is 5.26. The van der Waals surface area contributed by atoms with Crippen LogP contribution in [0.3, 0.4) is 0 Å². The summed E-state index contributed by atoms with van der Waals surface area (Å²) in [6.45, 7) is 2.30. The maximum Gasteiger partial charge on any atom is 0.0606 e. The fourth-order valence-corrected chi connectivity index (χ4v) is 1.89. The first kappa shape index (κ1) is 4.80. The Balaban J connectivity index is 2.11. The number of ether oxygens (including phenoxy) is 1. The van der Waals surface area contributed by atoms with Crippen LogP contribution in [0.25, 0.3) is 0 Å². The molecule has 0 aromatic carbocycles. The van der Waals surface area contributed by atoms with Crippen LogP contribution in [0.5, 0.6) is 0 Å². The van der Waals surface area contributed by atoms with E-state index >= 15 is 0 Å². The van der Waals surface area contributed by atoms with Gasteiger partial charge in [0.2, 0.25) is 0 Å². The van der Waals surface area contributed by atoms with Gasteiger partial charge in [-0.05, 0) is 25.2 Å². The van der Waals surface area contributed by atoms with Crippen molar-refractivity contribution in [1.29, 1.82) is 0 Å². The minimum atomic E-state index is 0.639. The first-order valence-electron chi connectivity index (χ1n) is 3.52. The average Bonchev–Trinajstić information content (AvgIpc) is 2.23. The van der Waals surface area contributed by atoms with Crippen LogP contribution < -0.4 is 0 Å². The molecule has 2 rings (SSSR count). The van der Waals surface area contributed by atoms with Gasteiger partial charge in [0.15, 0.2) is 0 Å². The lowest BCUT2D eigenvalue weighted by Crippen LogP contribution is -2.11. The van der Waals surface area contributed by atoms with Crippen molar-refractivity contribution in [3.8, 4) is 0 Å². The summed E-state index contributed by atoms with van der Waals surface area (Å²) >= 11 is 0. The summed E-state index contributed by atoms with van der Waals surface area (Å²) in [5.74, 6) is 0.855. The zero-order chi connectivity index (χ0) is 5.56. The van der Waals surface area contributed by atoms with Gasteiger partial charge >= 0.3 is 0 Å². The first-order chi connectivity index (χ1) is 3.86. The third kappa shape index (κ3) is 0.510. The molecule has 0 N–H and O–H groups in total. The number of fused-ring (bicyclic) bond motifs is 2. The molecule has 1 heteroatoms. The maximum absolute atomic E-state index is 5.58. The second-order valence-corrected chi connectivity index (χ2v) is 3.09. The van der Waals surface area contributed by atoms with Crippen molar-refractivity contribution < 1.29 is 4.74 Å². The molecule has 2 fully saturated rings. The summed E-state index contributed by atoms with van der Waals surface area (Å²) in [5.41, 5.74) is 0. The molecule has 0 amide bonds. The van der Waals surface area contributed by atoms with Crippen molar-refractivity contribution in [2.24, 2.45) is 5.92 Å². The fraction of sp³-hybridized carbons (Fsp3) is 1.00. The molecule has 3 atom stereocenters. The molecule has 2 saturated heterocycles. The zero-order valence-electron chi connectivity index (χ0n) is 5.26. The van der Waals surface area contributed by atoms with Crippen LogP contribution in [0.2, 0.25) is 0 Å². The van der Waals surface area contributed by atoms with Gasteiger partial charge in [0, 0.05) is 0 Å². The Morgan fingerprint density at radius 1 is 1.38 bits per heavy atom. The van der Waals surface area contributed by atoms with Gasteiger partial charge in [0.05, 0.1) is 12.2 Å². The monoisotopic (exact) mass is 112 g/mol.